The highest BCUT2D eigenvalue weighted by Gasteiger charge is 2.32. The zero-order valence-corrected chi connectivity index (χ0v) is 14.0. The van der Waals surface area contributed by atoms with Crippen LogP contribution >= 0.6 is 22.9 Å². The first-order valence-electron chi connectivity index (χ1n) is 7.21. The van der Waals surface area contributed by atoms with Gasteiger partial charge in [-0.2, -0.15) is 0 Å². The normalized spacial score (nSPS) is 17.5. The SMILES string of the molecule is Cc1nc(-c2ccc(Cl)cc2)sc1C(=O)N1CCC(C(=O)O)C1. The van der Waals surface area contributed by atoms with Crippen molar-refractivity contribution in [3.8, 4) is 10.6 Å². The molecule has 1 aromatic heterocycles. The number of halogens is 1. The van der Waals surface area contributed by atoms with E-state index in [4.69, 9.17) is 16.7 Å². The molecule has 1 aliphatic rings. The molecule has 1 saturated heterocycles. The van der Waals surface area contributed by atoms with Gasteiger partial charge >= 0.3 is 5.97 Å². The molecular formula is C16H15ClN2O3S. The van der Waals surface area contributed by atoms with Gasteiger partial charge in [-0.3, -0.25) is 9.59 Å². The Balaban J connectivity index is 1.82. The second-order valence-corrected chi connectivity index (χ2v) is 6.95. The molecule has 0 bridgehead atoms. The number of carbonyl (C=O) groups is 2. The Labute approximate surface area is 142 Å². The lowest BCUT2D eigenvalue weighted by Gasteiger charge is -2.14. The van der Waals surface area contributed by atoms with Crippen LogP contribution in [-0.2, 0) is 4.79 Å². The molecule has 7 heteroatoms. The third kappa shape index (κ3) is 3.23. The first-order chi connectivity index (χ1) is 11.0. The number of amides is 1. The monoisotopic (exact) mass is 350 g/mol. The second kappa shape index (κ2) is 6.29. The van der Waals surface area contributed by atoms with Crippen molar-refractivity contribution < 1.29 is 14.7 Å². The van der Waals surface area contributed by atoms with Gasteiger partial charge in [0, 0.05) is 23.7 Å². The molecule has 1 unspecified atom stereocenters. The van der Waals surface area contributed by atoms with E-state index >= 15 is 0 Å². The molecular weight excluding hydrogens is 336 g/mol. The number of carboxylic acid groups (broad SMARTS) is 1. The summed E-state index contributed by atoms with van der Waals surface area (Å²) in [6.07, 6.45) is 0.503. The van der Waals surface area contributed by atoms with Crippen molar-refractivity contribution in [3.63, 3.8) is 0 Å². The van der Waals surface area contributed by atoms with Crippen molar-refractivity contribution in [3.05, 3.63) is 39.9 Å². The fraction of sp³-hybridized carbons (Fsp3) is 0.312. The molecule has 1 atom stereocenters. The number of hydrogen-bond acceptors (Lipinski definition) is 4. The number of aryl methyl sites for hydroxylation is 1. The quantitative estimate of drug-likeness (QED) is 0.921. The van der Waals surface area contributed by atoms with Gasteiger partial charge in [-0.25, -0.2) is 4.98 Å². The molecule has 5 nitrogen and oxygen atoms in total. The maximum atomic E-state index is 12.6. The summed E-state index contributed by atoms with van der Waals surface area (Å²) < 4.78 is 0. The van der Waals surface area contributed by atoms with Crippen molar-refractivity contribution in [2.75, 3.05) is 13.1 Å². The van der Waals surface area contributed by atoms with E-state index in [2.05, 4.69) is 4.98 Å². The summed E-state index contributed by atoms with van der Waals surface area (Å²) in [5.74, 6) is -1.45. The van der Waals surface area contributed by atoms with Crippen LogP contribution in [0.1, 0.15) is 21.8 Å². The Kier molecular flexibility index (Phi) is 4.37. The largest absolute Gasteiger partial charge is 0.481 e. The molecule has 1 aliphatic heterocycles. The van der Waals surface area contributed by atoms with Crippen LogP contribution in [0.5, 0.6) is 0 Å². The summed E-state index contributed by atoms with van der Waals surface area (Å²) in [5.41, 5.74) is 1.58. The van der Waals surface area contributed by atoms with Crippen LogP contribution in [0.15, 0.2) is 24.3 Å². The van der Waals surface area contributed by atoms with Crippen LogP contribution in [0.4, 0.5) is 0 Å². The Morgan fingerprint density at radius 1 is 1.35 bits per heavy atom. The van der Waals surface area contributed by atoms with Gasteiger partial charge in [0.2, 0.25) is 0 Å². The van der Waals surface area contributed by atoms with Gasteiger partial charge in [0.25, 0.3) is 5.91 Å². The maximum absolute atomic E-state index is 12.6. The van der Waals surface area contributed by atoms with Crippen molar-refractivity contribution in [2.24, 2.45) is 5.92 Å². The van der Waals surface area contributed by atoms with E-state index in [1.165, 1.54) is 11.3 Å². The van der Waals surface area contributed by atoms with E-state index in [-0.39, 0.29) is 12.5 Å². The lowest BCUT2D eigenvalue weighted by Crippen LogP contribution is -2.29. The lowest BCUT2D eigenvalue weighted by atomic mass is 10.1. The number of likely N-dealkylation sites (tertiary alicyclic amines) is 1. The molecule has 0 aliphatic carbocycles. The Morgan fingerprint density at radius 2 is 2.04 bits per heavy atom. The number of carboxylic acids is 1. The molecule has 1 fully saturated rings. The molecule has 2 heterocycles. The van der Waals surface area contributed by atoms with Crippen LogP contribution in [0, 0.1) is 12.8 Å². The van der Waals surface area contributed by atoms with Crippen LogP contribution in [-0.4, -0.2) is 40.0 Å². The van der Waals surface area contributed by atoms with Gasteiger partial charge in [0.05, 0.1) is 11.6 Å². The van der Waals surface area contributed by atoms with E-state index in [1.807, 2.05) is 12.1 Å². The fourth-order valence-corrected chi connectivity index (χ4v) is 3.77. The number of aliphatic carboxylic acids is 1. The highest BCUT2D eigenvalue weighted by atomic mass is 35.5. The Morgan fingerprint density at radius 3 is 2.65 bits per heavy atom. The number of thiazole rings is 1. The lowest BCUT2D eigenvalue weighted by molar-refractivity contribution is -0.141. The van der Waals surface area contributed by atoms with E-state index in [1.54, 1.807) is 24.0 Å². The van der Waals surface area contributed by atoms with Gasteiger partial charge in [-0.1, -0.05) is 23.7 Å². The maximum Gasteiger partial charge on any atom is 0.308 e. The predicted molar refractivity (Wildman–Crippen MR) is 88.9 cm³/mol. The van der Waals surface area contributed by atoms with Gasteiger partial charge < -0.3 is 10.0 Å². The Bertz CT molecular complexity index is 757. The smallest absolute Gasteiger partial charge is 0.308 e. The standard InChI is InChI=1S/C16H15ClN2O3S/c1-9-13(15(20)19-7-6-11(8-19)16(21)22)23-14(18-9)10-2-4-12(17)5-3-10/h2-5,11H,6-8H2,1H3,(H,21,22). The van der Waals surface area contributed by atoms with Crippen LogP contribution in [0.2, 0.25) is 5.02 Å². The summed E-state index contributed by atoms with van der Waals surface area (Å²) in [6.45, 7) is 2.54. The minimum absolute atomic E-state index is 0.135. The Hall–Kier alpha value is -1.92. The van der Waals surface area contributed by atoms with Crippen molar-refractivity contribution in [1.82, 2.24) is 9.88 Å². The molecule has 2 aromatic rings. The summed E-state index contributed by atoms with van der Waals surface area (Å²) in [4.78, 5) is 30.3. The predicted octanol–water partition coefficient (Wildman–Crippen LogP) is 3.32. The zero-order chi connectivity index (χ0) is 16.6. The topological polar surface area (TPSA) is 70.5 Å². The molecule has 3 rings (SSSR count). The molecule has 1 aromatic carbocycles. The highest BCUT2D eigenvalue weighted by Crippen LogP contribution is 2.30. The summed E-state index contributed by atoms with van der Waals surface area (Å²) in [5, 5.41) is 10.5. The van der Waals surface area contributed by atoms with E-state index in [9.17, 15) is 9.59 Å². The van der Waals surface area contributed by atoms with Gasteiger partial charge in [-0.15, -0.1) is 11.3 Å². The minimum atomic E-state index is -0.844. The van der Waals surface area contributed by atoms with E-state index in [0.717, 1.165) is 10.6 Å². The first-order valence-corrected chi connectivity index (χ1v) is 8.40. The van der Waals surface area contributed by atoms with Crippen LogP contribution < -0.4 is 0 Å². The van der Waals surface area contributed by atoms with E-state index in [0.29, 0.717) is 28.6 Å². The van der Waals surface area contributed by atoms with Crippen molar-refractivity contribution in [1.29, 1.82) is 0 Å². The van der Waals surface area contributed by atoms with Gasteiger partial charge in [0.1, 0.15) is 9.88 Å². The van der Waals surface area contributed by atoms with Crippen LogP contribution in [0.3, 0.4) is 0 Å². The van der Waals surface area contributed by atoms with Crippen LogP contribution in [0.25, 0.3) is 10.6 Å². The molecule has 0 saturated carbocycles. The summed E-state index contributed by atoms with van der Waals surface area (Å²) in [6, 6.07) is 7.30. The second-order valence-electron chi connectivity index (χ2n) is 5.52. The summed E-state index contributed by atoms with van der Waals surface area (Å²) >= 11 is 7.22. The van der Waals surface area contributed by atoms with Gasteiger partial charge in [0.15, 0.2) is 0 Å². The minimum Gasteiger partial charge on any atom is -0.481 e. The van der Waals surface area contributed by atoms with Gasteiger partial charge in [-0.05, 0) is 25.5 Å². The van der Waals surface area contributed by atoms with E-state index < -0.39 is 11.9 Å². The number of carbonyl (C=O) groups excluding carboxylic acids is 1. The zero-order valence-electron chi connectivity index (χ0n) is 12.5. The molecule has 1 N–H and O–H groups in total. The number of aromatic nitrogens is 1. The molecule has 120 valence electrons. The first kappa shape index (κ1) is 16.0. The molecule has 0 radical (unpaired) electrons. The summed E-state index contributed by atoms with van der Waals surface area (Å²) in [7, 11) is 0. The average molecular weight is 351 g/mol. The average Bonchev–Trinajstić information content (AvgIpc) is 3.14. The molecule has 0 spiro atoms. The fourth-order valence-electron chi connectivity index (χ4n) is 2.60. The highest BCUT2D eigenvalue weighted by molar-refractivity contribution is 7.17. The van der Waals surface area contributed by atoms with Crippen molar-refractivity contribution >= 4 is 34.8 Å². The number of benzene rings is 1. The molecule has 1 amide bonds. The number of nitrogens with zero attached hydrogens (tertiary/aromatic N) is 2. The third-order valence-corrected chi connectivity index (χ3v) is 5.35. The molecule has 23 heavy (non-hydrogen) atoms. The number of rotatable bonds is 3. The number of hydrogen-bond donors (Lipinski definition) is 1. The van der Waals surface area contributed by atoms with Crippen molar-refractivity contribution in [2.45, 2.75) is 13.3 Å². The third-order valence-electron chi connectivity index (χ3n) is 3.91.